The topological polar surface area (TPSA) is 24.9 Å². The lowest BCUT2D eigenvalue weighted by molar-refractivity contribution is 0.576. The quantitative estimate of drug-likeness (QED) is 0.890. The van der Waals surface area contributed by atoms with E-state index in [1.165, 1.54) is 5.56 Å². The van der Waals surface area contributed by atoms with Gasteiger partial charge in [-0.1, -0.05) is 35.3 Å². The van der Waals surface area contributed by atoms with Crippen molar-refractivity contribution in [3.63, 3.8) is 0 Å². The molecule has 0 aliphatic heterocycles. The predicted molar refractivity (Wildman–Crippen MR) is 80.8 cm³/mol. The minimum Gasteiger partial charge on any atom is -0.310 e. The summed E-state index contributed by atoms with van der Waals surface area (Å²) in [7, 11) is 0. The van der Waals surface area contributed by atoms with Crippen molar-refractivity contribution in [3.05, 3.63) is 63.9 Å². The fourth-order valence-electron chi connectivity index (χ4n) is 1.94. The third-order valence-corrected chi connectivity index (χ3v) is 3.58. The van der Waals surface area contributed by atoms with Gasteiger partial charge < -0.3 is 5.32 Å². The lowest BCUT2D eigenvalue weighted by Gasteiger charge is -2.15. The summed E-state index contributed by atoms with van der Waals surface area (Å²) in [5.41, 5.74) is 2.29. The number of halogens is 2. The first-order valence-corrected chi connectivity index (χ1v) is 6.99. The van der Waals surface area contributed by atoms with E-state index >= 15 is 0 Å². The van der Waals surface area contributed by atoms with Crippen molar-refractivity contribution in [2.24, 2.45) is 0 Å². The van der Waals surface area contributed by atoms with Crippen LogP contribution in [0.25, 0.3) is 0 Å². The molecule has 2 nitrogen and oxygen atoms in total. The fraction of sp³-hybridized carbons (Fsp3) is 0.267. The molecule has 0 aliphatic carbocycles. The van der Waals surface area contributed by atoms with Crippen molar-refractivity contribution in [2.75, 3.05) is 6.54 Å². The first-order chi connectivity index (χ1) is 9.16. The molecule has 100 valence electrons. The van der Waals surface area contributed by atoms with Crippen LogP contribution < -0.4 is 5.32 Å². The van der Waals surface area contributed by atoms with Crippen molar-refractivity contribution in [3.8, 4) is 0 Å². The van der Waals surface area contributed by atoms with Gasteiger partial charge in [0.05, 0.1) is 0 Å². The van der Waals surface area contributed by atoms with E-state index < -0.39 is 0 Å². The highest BCUT2D eigenvalue weighted by Gasteiger charge is 2.09. The molecule has 0 bridgehead atoms. The van der Waals surface area contributed by atoms with Crippen LogP contribution >= 0.6 is 23.2 Å². The molecule has 0 spiro atoms. The van der Waals surface area contributed by atoms with Crippen LogP contribution in [0, 0.1) is 0 Å². The van der Waals surface area contributed by atoms with Crippen LogP contribution in [0.3, 0.4) is 0 Å². The number of hydrogen-bond acceptors (Lipinski definition) is 2. The highest BCUT2D eigenvalue weighted by atomic mass is 35.5. The third kappa shape index (κ3) is 4.20. The van der Waals surface area contributed by atoms with Crippen LogP contribution in [0.4, 0.5) is 0 Å². The molecule has 1 atom stereocenters. The minimum atomic E-state index is 0.196. The Bertz CT molecular complexity index is 529. The van der Waals surface area contributed by atoms with Crippen molar-refractivity contribution in [1.29, 1.82) is 0 Å². The van der Waals surface area contributed by atoms with Gasteiger partial charge in [0.15, 0.2) is 0 Å². The average Bonchev–Trinajstić information content (AvgIpc) is 2.39. The zero-order valence-electron chi connectivity index (χ0n) is 10.7. The molecule has 1 heterocycles. The number of benzene rings is 1. The molecule has 19 heavy (non-hydrogen) atoms. The number of rotatable bonds is 5. The molecule has 2 aromatic rings. The zero-order valence-corrected chi connectivity index (χ0v) is 12.2. The van der Waals surface area contributed by atoms with Crippen molar-refractivity contribution in [2.45, 2.75) is 19.4 Å². The maximum absolute atomic E-state index is 6.19. The van der Waals surface area contributed by atoms with Crippen LogP contribution in [0.2, 0.25) is 10.0 Å². The standard InChI is InChI=1S/C15H16Cl2N2/c1-11(14-5-4-13(16)9-15(14)17)19-8-6-12-3-2-7-18-10-12/h2-5,7,9-11,19H,6,8H2,1H3. The molecule has 2 rings (SSSR count). The van der Waals surface area contributed by atoms with Gasteiger partial charge in [0.1, 0.15) is 0 Å². The van der Waals surface area contributed by atoms with E-state index in [4.69, 9.17) is 23.2 Å². The number of nitrogens with one attached hydrogen (secondary N) is 1. The highest BCUT2D eigenvalue weighted by Crippen LogP contribution is 2.25. The summed E-state index contributed by atoms with van der Waals surface area (Å²) < 4.78 is 0. The first-order valence-electron chi connectivity index (χ1n) is 6.24. The van der Waals surface area contributed by atoms with E-state index in [-0.39, 0.29) is 6.04 Å². The summed E-state index contributed by atoms with van der Waals surface area (Å²) in [5.74, 6) is 0. The van der Waals surface area contributed by atoms with Gasteiger partial charge in [-0.05, 0) is 49.2 Å². The molecule has 0 radical (unpaired) electrons. The van der Waals surface area contributed by atoms with E-state index in [0.717, 1.165) is 18.5 Å². The molecule has 0 amide bonds. The molecule has 1 aromatic carbocycles. The van der Waals surface area contributed by atoms with E-state index in [2.05, 4.69) is 23.3 Å². The van der Waals surface area contributed by atoms with Gasteiger partial charge in [-0.25, -0.2) is 0 Å². The summed E-state index contributed by atoms with van der Waals surface area (Å²) in [5, 5.41) is 4.82. The summed E-state index contributed by atoms with van der Waals surface area (Å²) in [6.07, 6.45) is 4.62. The summed E-state index contributed by atoms with van der Waals surface area (Å²) in [4.78, 5) is 4.10. The lowest BCUT2D eigenvalue weighted by Crippen LogP contribution is -2.21. The molecule has 0 fully saturated rings. The highest BCUT2D eigenvalue weighted by molar-refractivity contribution is 6.35. The van der Waals surface area contributed by atoms with Crippen LogP contribution in [0.15, 0.2) is 42.7 Å². The summed E-state index contributed by atoms with van der Waals surface area (Å²) >= 11 is 12.1. The largest absolute Gasteiger partial charge is 0.310 e. The first kappa shape index (κ1) is 14.3. The Morgan fingerprint density at radius 2 is 2.11 bits per heavy atom. The minimum absolute atomic E-state index is 0.196. The van der Waals surface area contributed by atoms with Crippen molar-refractivity contribution in [1.82, 2.24) is 10.3 Å². The van der Waals surface area contributed by atoms with Gasteiger partial charge in [-0.2, -0.15) is 0 Å². The van der Waals surface area contributed by atoms with Gasteiger partial charge >= 0.3 is 0 Å². The maximum Gasteiger partial charge on any atom is 0.0468 e. The van der Waals surface area contributed by atoms with Crippen LogP contribution in [-0.2, 0) is 6.42 Å². The molecule has 0 saturated heterocycles. The second-order valence-corrected chi connectivity index (χ2v) is 5.30. The van der Waals surface area contributed by atoms with E-state index in [1.807, 2.05) is 24.4 Å². The normalized spacial score (nSPS) is 12.4. The molecular weight excluding hydrogens is 279 g/mol. The Morgan fingerprint density at radius 1 is 1.26 bits per heavy atom. The monoisotopic (exact) mass is 294 g/mol. The Labute approximate surface area is 123 Å². The van der Waals surface area contributed by atoms with E-state index in [9.17, 15) is 0 Å². The van der Waals surface area contributed by atoms with Crippen LogP contribution in [0.5, 0.6) is 0 Å². The van der Waals surface area contributed by atoms with Gasteiger partial charge in [0.25, 0.3) is 0 Å². The predicted octanol–water partition coefficient (Wildman–Crippen LogP) is 4.28. The average molecular weight is 295 g/mol. The second kappa shape index (κ2) is 6.90. The SMILES string of the molecule is CC(NCCc1cccnc1)c1ccc(Cl)cc1Cl. The van der Waals surface area contributed by atoms with Crippen molar-refractivity contribution >= 4 is 23.2 Å². The van der Waals surface area contributed by atoms with Crippen LogP contribution in [0.1, 0.15) is 24.1 Å². The number of aromatic nitrogens is 1. The molecule has 0 aliphatic rings. The second-order valence-electron chi connectivity index (χ2n) is 4.45. The molecule has 1 unspecified atom stereocenters. The van der Waals surface area contributed by atoms with Gasteiger partial charge in [-0.3, -0.25) is 4.98 Å². The molecule has 0 saturated carbocycles. The Balaban J connectivity index is 1.89. The van der Waals surface area contributed by atoms with E-state index in [1.54, 1.807) is 12.3 Å². The molecule has 4 heteroatoms. The number of pyridine rings is 1. The number of nitrogens with zero attached hydrogens (tertiary/aromatic N) is 1. The van der Waals surface area contributed by atoms with Crippen molar-refractivity contribution < 1.29 is 0 Å². The van der Waals surface area contributed by atoms with Gasteiger partial charge in [0, 0.05) is 28.5 Å². The maximum atomic E-state index is 6.19. The molecule has 1 N–H and O–H groups in total. The zero-order chi connectivity index (χ0) is 13.7. The fourth-order valence-corrected chi connectivity index (χ4v) is 2.51. The van der Waals surface area contributed by atoms with Gasteiger partial charge in [-0.15, -0.1) is 0 Å². The van der Waals surface area contributed by atoms with Crippen LogP contribution in [-0.4, -0.2) is 11.5 Å². The smallest absolute Gasteiger partial charge is 0.0468 e. The lowest BCUT2D eigenvalue weighted by atomic mass is 10.1. The Morgan fingerprint density at radius 3 is 2.79 bits per heavy atom. The Kier molecular flexibility index (Phi) is 5.20. The summed E-state index contributed by atoms with van der Waals surface area (Å²) in [6, 6.07) is 9.83. The Hall–Kier alpha value is -1.09. The van der Waals surface area contributed by atoms with Gasteiger partial charge in [0.2, 0.25) is 0 Å². The van der Waals surface area contributed by atoms with E-state index in [0.29, 0.717) is 10.0 Å². The number of hydrogen-bond donors (Lipinski definition) is 1. The molecule has 1 aromatic heterocycles. The summed E-state index contributed by atoms with van der Waals surface area (Å²) in [6.45, 7) is 2.98. The molecular formula is C15H16Cl2N2. The third-order valence-electron chi connectivity index (χ3n) is 3.02.